The highest BCUT2D eigenvalue weighted by molar-refractivity contribution is 7.98. The SMILES string of the molecule is OC1c2ccccc2CSc2ccc(Cl)cc21. The molecule has 1 atom stereocenters. The molecule has 0 aliphatic carbocycles. The van der Waals surface area contributed by atoms with E-state index in [2.05, 4.69) is 6.07 Å². The number of aliphatic hydroxyl groups excluding tert-OH is 1. The first kappa shape index (κ1) is 11.1. The van der Waals surface area contributed by atoms with E-state index in [4.69, 9.17) is 11.6 Å². The van der Waals surface area contributed by atoms with Crippen LogP contribution < -0.4 is 0 Å². The quantitative estimate of drug-likeness (QED) is 0.774. The minimum atomic E-state index is -0.574. The number of halogens is 1. The molecule has 0 bridgehead atoms. The Morgan fingerprint density at radius 1 is 1.12 bits per heavy atom. The summed E-state index contributed by atoms with van der Waals surface area (Å²) in [5.41, 5.74) is 3.09. The minimum Gasteiger partial charge on any atom is -0.384 e. The lowest BCUT2D eigenvalue weighted by Crippen LogP contribution is -2.01. The first-order valence-corrected chi connectivity index (χ1v) is 6.80. The van der Waals surface area contributed by atoms with Crippen LogP contribution in [0.25, 0.3) is 0 Å². The second-order valence-corrected chi connectivity index (χ2v) is 5.53. The van der Waals surface area contributed by atoms with E-state index in [1.807, 2.05) is 36.4 Å². The van der Waals surface area contributed by atoms with Gasteiger partial charge in [-0.3, -0.25) is 0 Å². The molecule has 1 heterocycles. The van der Waals surface area contributed by atoms with E-state index >= 15 is 0 Å². The lowest BCUT2D eigenvalue weighted by Gasteiger charge is -2.13. The van der Waals surface area contributed by atoms with Crippen molar-refractivity contribution in [1.82, 2.24) is 0 Å². The van der Waals surface area contributed by atoms with Gasteiger partial charge in [-0.05, 0) is 29.3 Å². The Bertz CT molecular complexity index is 568. The van der Waals surface area contributed by atoms with E-state index in [1.54, 1.807) is 11.8 Å². The lowest BCUT2D eigenvalue weighted by atomic mass is 9.98. The first-order chi connectivity index (χ1) is 8.25. The number of thioether (sulfide) groups is 1. The van der Waals surface area contributed by atoms with Gasteiger partial charge in [0.25, 0.3) is 0 Å². The normalized spacial score (nSPS) is 18.1. The molecular weight excluding hydrogens is 252 g/mol. The van der Waals surface area contributed by atoms with Crippen LogP contribution in [0.5, 0.6) is 0 Å². The zero-order valence-corrected chi connectivity index (χ0v) is 10.6. The number of aliphatic hydroxyl groups is 1. The number of hydrogen-bond donors (Lipinski definition) is 1. The molecule has 17 heavy (non-hydrogen) atoms. The Morgan fingerprint density at radius 3 is 2.82 bits per heavy atom. The molecule has 2 aromatic rings. The van der Waals surface area contributed by atoms with Crippen molar-refractivity contribution in [2.45, 2.75) is 16.8 Å². The van der Waals surface area contributed by atoms with Crippen molar-refractivity contribution >= 4 is 23.4 Å². The average molecular weight is 263 g/mol. The van der Waals surface area contributed by atoms with Gasteiger partial charge in [-0.1, -0.05) is 35.9 Å². The van der Waals surface area contributed by atoms with Gasteiger partial charge in [0, 0.05) is 21.2 Å². The fourth-order valence-corrected chi connectivity index (χ4v) is 3.38. The summed E-state index contributed by atoms with van der Waals surface area (Å²) in [6.45, 7) is 0. The molecule has 0 aromatic heterocycles. The van der Waals surface area contributed by atoms with Crippen LogP contribution in [-0.4, -0.2) is 5.11 Å². The second kappa shape index (κ2) is 4.37. The predicted molar refractivity (Wildman–Crippen MR) is 71.5 cm³/mol. The van der Waals surface area contributed by atoms with Crippen molar-refractivity contribution in [3.63, 3.8) is 0 Å². The Hall–Kier alpha value is -0.960. The summed E-state index contributed by atoms with van der Waals surface area (Å²) in [4.78, 5) is 1.11. The Labute approximate surface area is 109 Å². The third kappa shape index (κ3) is 1.97. The summed E-state index contributed by atoms with van der Waals surface area (Å²) in [7, 11) is 0. The molecule has 1 nitrogen and oxygen atoms in total. The Morgan fingerprint density at radius 2 is 1.94 bits per heavy atom. The van der Waals surface area contributed by atoms with Gasteiger partial charge in [0.05, 0.1) is 0 Å². The van der Waals surface area contributed by atoms with Crippen molar-refractivity contribution < 1.29 is 5.11 Å². The van der Waals surface area contributed by atoms with E-state index < -0.39 is 6.10 Å². The minimum absolute atomic E-state index is 0.574. The van der Waals surface area contributed by atoms with Crippen molar-refractivity contribution in [3.05, 3.63) is 64.2 Å². The summed E-state index contributed by atoms with van der Waals surface area (Å²) in [6, 6.07) is 13.7. The number of rotatable bonds is 0. The smallest absolute Gasteiger partial charge is 0.105 e. The zero-order valence-electron chi connectivity index (χ0n) is 9.06. The van der Waals surface area contributed by atoms with E-state index in [0.29, 0.717) is 5.02 Å². The van der Waals surface area contributed by atoms with Crippen LogP contribution in [0.15, 0.2) is 47.4 Å². The molecule has 3 heteroatoms. The summed E-state index contributed by atoms with van der Waals surface area (Å²) in [5.74, 6) is 0.891. The molecule has 1 aliphatic heterocycles. The number of benzene rings is 2. The fourth-order valence-electron chi connectivity index (χ4n) is 2.12. The molecule has 0 amide bonds. The molecule has 3 rings (SSSR count). The third-order valence-corrected chi connectivity index (χ3v) is 4.37. The van der Waals surface area contributed by atoms with Crippen LogP contribution in [0.2, 0.25) is 5.02 Å². The van der Waals surface area contributed by atoms with Gasteiger partial charge >= 0.3 is 0 Å². The molecule has 0 saturated carbocycles. The summed E-state index contributed by atoms with van der Waals surface area (Å²) >= 11 is 7.75. The standard InChI is InChI=1S/C14H11ClOS/c15-10-5-6-13-12(7-10)14(16)11-4-2-1-3-9(11)8-17-13/h1-7,14,16H,8H2. The molecule has 1 N–H and O–H groups in total. The number of fused-ring (bicyclic) bond motifs is 2. The van der Waals surface area contributed by atoms with E-state index in [1.165, 1.54) is 5.56 Å². The Balaban J connectivity index is 2.18. The molecule has 0 radical (unpaired) electrons. The van der Waals surface area contributed by atoms with Crippen molar-refractivity contribution in [1.29, 1.82) is 0 Å². The van der Waals surface area contributed by atoms with Gasteiger partial charge in [-0.2, -0.15) is 0 Å². The Kier molecular flexibility index (Phi) is 2.87. The molecule has 0 fully saturated rings. The molecule has 0 spiro atoms. The topological polar surface area (TPSA) is 20.2 Å². The maximum Gasteiger partial charge on any atom is 0.105 e. The van der Waals surface area contributed by atoms with Crippen LogP contribution in [-0.2, 0) is 5.75 Å². The fraction of sp³-hybridized carbons (Fsp3) is 0.143. The van der Waals surface area contributed by atoms with Crippen molar-refractivity contribution in [2.24, 2.45) is 0 Å². The molecule has 0 saturated heterocycles. The van der Waals surface area contributed by atoms with Crippen LogP contribution in [0.3, 0.4) is 0 Å². The molecular formula is C14H11ClOS. The van der Waals surface area contributed by atoms with Crippen LogP contribution in [0.4, 0.5) is 0 Å². The van der Waals surface area contributed by atoms with E-state index in [0.717, 1.165) is 21.8 Å². The van der Waals surface area contributed by atoms with E-state index in [9.17, 15) is 5.11 Å². The largest absolute Gasteiger partial charge is 0.384 e. The number of hydrogen-bond acceptors (Lipinski definition) is 2. The molecule has 86 valence electrons. The van der Waals surface area contributed by atoms with Crippen LogP contribution in [0.1, 0.15) is 22.8 Å². The van der Waals surface area contributed by atoms with Crippen LogP contribution in [0, 0.1) is 0 Å². The molecule has 1 unspecified atom stereocenters. The third-order valence-electron chi connectivity index (χ3n) is 3.00. The summed E-state index contributed by atoms with van der Waals surface area (Å²) in [6.07, 6.45) is -0.574. The maximum absolute atomic E-state index is 10.4. The van der Waals surface area contributed by atoms with Gasteiger partial charge < -0.3 is 5.11 Å². The second-order valence-electron chi connectivity index (χ2n) is 4.07. The summed E-state index contributed by atoms with van der Waals surface area (Å²) < 4.78 is 0. The summed E-state index contributed by atoms with van der Waals surface area (Å²) in [5, 5.41) is 11.1. The van der Waals surface area contributed by atoms with Crippen molar-refractivity contribution in [3.8, 4) is 0 Å². The first-order valence-electron chi connectivity index (χ1n) is 5.44. The van der Waals surface area contributed by atoms with Gasteiger partial charge in [0.15, 0.2) is 0 Å². The van der Waals surface area contributed by atoms with Gasteiger partial charge in [0.2, 0.25) is 0 Å². The van der Waals surface area contributed by atoms with Gasteiger partial charge in [0.1, 0.15) is 6.10 Å². The van der Waals surface area contributed by atoms with Crippen molar-refractivity contribution in [2.75, 3.05) is 0 Å². The average Bonchev–Trinajstić information content (AvgIpc) is 2.49. The van der Waals surface area contributed by atoms with E-state index in [-0.39, 0.29) is 0 Å². The molecule has 1 aliphatic rings. The highest BCUT2D eigenvalue weighted by Crippen LogP contribution is 2.40. The highest BCUT2D eigenvalue weighted by Gasteiger charge is 2.21. The monoisotopic (exact) mass is 262 g/mol. The zero-order chi connectivity index (χ0) is 11.8. The predicted octanol–water partition coefficient (Wildman–Crippen LogP) is 4.03. The molecule has 2 aromatic carbocycles. The van der Waals surface area contributed by atoms with Gasteiger partial charge in [-0.25, -0.2) is 0 Å². The maximum atomic E-state index is 10.4. The highest BCUT2D eigenvalue weighted by atomic mass is 35.5. The lowest BCUT2D eigenvalue weighted by molar-refractivity contribution is 0.217. The van der Waals surface area contributed by atoms with Gasteiger partial charge in [-0.15, -0.1) is 11.8 Å². The van der Waals surface area contributed by atoms with Crippen LogP contribution >= 0.6 is 23.4 Å².